The zero-order valence-electron chi connectivity index (χ0n) is 30.3. The van der Waals surface area contributed by atoms with Crippen molar-refractivity contribution in [3.05, 3.63) is 200 Å². The van der Waals surface area contributed by atoms with Crippen LogP contribution in [0.3, 0.4) is 0 Å². The van der Waals surface area contributed by atoms with E-state index in [2.05, 4.69) is 214 Å². The molecule has 9 aromatic carbocycles. The lowest BCUT2D eigenvalue weighted by Gasteiger charge is -2.26. The molecule has 0 aliphatic heterocycles. The predicted molar refractivity (Wildman–Crippen MR) is 240 cm³/mol. The molecular formula is C52H33N3S. The van der Waals surface area contributed by atoms with E-state index >= 15 is 0 Å². The summed E-state index contributed by atoms with van der Waals surface area (Å²) in [5, 5.41) is 10.3. The quantitative estimate of drug-likeness (QED) is 0.172. The van der Waals surface area contributed by atoms with Gasteiger partial charge in [-0.05, 0) is 102 Å². The Balaban J connectivity index is 1.05. The molecule has 0 spiro atoms. The molecule has 0 saturated carbocycles. The van der Waals surface area contributed by atoms with Gasteiger partial charge < -0.3 is 14.0 Å². The van der Waals surface area contributed by atoms with Crippen LogP contribution in [0.2, 0.25) is 0 Å². The van der Waals surface area contributed by atoms with Gasteiger partial charge in [-0.1, -0.05) is 109 Å². The van der Waals surface area contributed by atoms with Crippen molar-refractivity contribution in [2.75, 3.05) is 4.90 Å². The van der Waals surface area contributed by atoms with E-state index in [4.69, 9.17) is 0 Å². The minimum Gasteiger partial charge on any atom is -0.310 e. The van der Waals surface area contributed by atoms with Crippen molar-refractivity contribution in [3.8, 4) is 11.4 Å². The Kier molecular flexibility index (Phi) is 6.80. The maximum Gasteiger partial charge on any atom is 0.0555 e. The van der Waals surface area contributed by atoms with E-state index in [0.29, 0.717) is 0 Å². The van der Waals surface area contributed by atoms with Crippen molar-refractivity contribution < 1.29 is 0 Å². The normalized spacial score (nSPS) is 11.9. The summed E-state index contributed by atoms with van der Waals surface area (Å²) < 4.78 is 7.51. The van der Waals surface area contributed by atoms with Crippen molar-refractivity contribution in [1.29, 1.82) is 0 Å². The van der Waals surface area contributed by atoms with E-state index in [-0.39, 0.29) is 0 Å². The van der Waals surface area contributed by atoms with E-state index in [1.54, 1.807) is 0 Å². The number of hydrogen-bond acceptors (Lipinski definition) is 2. The number of nitrogens with zero attached hydrogens (tertiary/aromatic N) is 3. The molecule has 12 rings (SSSR count). The highest BCUT2D eigenvalue weighted by Crippen LogP contribution is 2.45. The van der Waals surface area contributed by atoms with Crippen LogP contribution < -0.4 is 4.90 Å². The van der Waals surface area contributed by atoms with Gasteiger partial charge in [0.2, 0.25) is 0 Å². The number of rotatable bonds is 5. The number of para-hydroxylation sites is 3. The molecule has 56 heavy (non-hydrogen) atoms. The summed E-state index contributed by atoms with van der Waals surface area (Å²) >= 11 is 1.90. The Morgan fingerprint density at radius 2 is 0.911 bits per heavy atom. The molecule has 0 saturated heterocycles. The van der Waals surface area contributed by atoms with E-state index < -0.39 is 0 Å². The molecule has 3 nitrogen and oxygen atoms in total. The Bertz CT molecular complexity index is 3460. The van der Waals surface area contributed by atoms with Gasteiger partial charge in [0, 0.05) is 70.2 Å². The number of hydrogen-bond donors (Lipinski definition) is 0. The van der Waals surface area contributed by atoms with Gasteiger partial charge in [0.25, 0.3) is 0 Å². The van der Waals surface area contributed by atoms with Crippen LogP contribution in [0.15, 0.2) is 200 Å². The molecule has 262 valence electrons. The first kappa shape index (κ1) is 31.2. The third-order valence-corrected chi connectivity index (χ3v) is 12.7. The molecule has 0 bridgehead atoms. The van der Waals surface area contributed by atoms with Crippen molar-refractivity contribution in [1.82, 2.24) is 9.13 Å². The molecule has 0 radical (unpaired) electrons. The summed E-state index contributed by atoms with van der Waals surface area (Å²) in [7, 11) is 0. The zero-order chi connectivity index (χ0) is 36.7. The van der Waals surface area contributed by atoms with Crippen LogP contribution >= 0.6 is 11.3 Å². The summed E-state index contributed by atoms with van der Waals surface area (Å²) in [5.74, 6) is 0. The van der Waals surface area contributed by atoms with Crippen molar-refractivity contribution >= 4 is 103 Å². The second kappa shape index (κ2) is 12.2. The molecule has 4 heteroatoms. The molecule has 0 aliphatic carbocycles. The Labute approximate surface area is 327 Å². The first-order valence-corrected chi connectivity index (χ1v) is 19.9. The molecule has 0 unspecified atom stereocenters. The minimum absolute atomic E-state index is 1.10. The van der Waals surface area contributed by atoms with E-state index in [1.165, 1.54) is 74.6 Å². The first-order valence-electron chi connectivity index (χ1n) is 19.1. The number of aromatic nitrogens is 2. The Morgan fingerprint density at radius 3 is 1.73 bits per heavy atom. The van der Waals surface area contributed by atoms with Crippen molar-refractivity contribution in [2.24, 2.45) is 0 Å². The van der Waals surface area contributed by atoms with Crippen LogP contribution in [0.25, 0.3) is 85.9 Å². The number of thiophene rings is 1. The topological polar surface area (TPSA) is 13.1 Å². The van der Waals surface area contributed by atoms with E-state index in [9.17, 15) is 0 Å². The molecule has 3 heterocycles. The highest BCUT2D eigenvalue weighted by molar-refractivity contribution is 7.26. The van der Waals surface area contributed by atoms with E-state index in [0.717, 1.165) is 28.4 Å². The van der Waals surface area contributed by atoms with Crippen LogP contribution in [-0.2, 0) is 0 Å². The third-order valence-electron chi connectivity index (χ3n) is 11.5. The SMILES string of the molecule is c1ccc(N(c2ccc(-n3c4ccccc4c4c5sc6ccccc6c5ccc43)cc2)c2ccc3c(c2)c2c4ccccc4ccc2n3-c2ccccc2)cc1. The summed E-state index contributed by atoms with van der Waals surface area (Å²) in [5.41, 5.74) is 10.5. The maximum absolute atomic E-state index is 2.43. The highest BCUT2D eigenvalue weighted by atomic mass is 32.1. The zero-order valence-corrected chi connectivity index (χ0v) is 31.1. The van der Waals surface area contributed by atoms with Gasteiger partial charge in [-0.2, -0.15) is 0 Å². The second-order valence-electron chi connectivity index (χ2n) is 14.5. The summed E-state index contributed by atoms with van der Waals surface area (Å²) in [6.07, 6.45) is 0. The lowest BCUT2D eigenvalue weighted by molar-refractivity contribution is 1.17. The molecule has 0 aliphatic rings. The Hall–Kier alpha value is -7.14. The molecule has 3 aromatic heterocycles. The monoisotopic (exact) mass is 731 g/mol. The third kappa shape index (κ3) is 4.57. The lowest BCUT2D eigenvalue weighted by atomic mass is 10.0. The average molecular weight is 732 g/mol. The minimum atomic E-state index is 1.10. The second-order valence-corrected chi connectivity index (χ2v) is 15.6. The van der Waals surface area contributed by atoms with Gasteiger partial charge >= 0.3 is 0 Å². The van der Waals surface area contributed by atoms with Gasteiger partial charge in [-0.15, -0.1) is 11.3 Å². The van der Waals surface area contributed by atoms with Crippen LogP contribution in [0.4, 0.5) is 17.1 Å². The largest absolute Gasteiger partial charge is 0.310 e. The predicted octanol–water partition coefficient (Wildman–Crippen LogP) is 14.9. The van der Waals surface area contributed by atoms with Crippen LogP contribution in [-0.4, -0.2) is 9.13 Å². The van der Waals surface area contributed by atoms with Gasteiger partial charge in [-0.25, -0.2) is 0 Å². The lowest BCUT2D eigenvalue weighted by Crippen LogP contribution is -2.10. The average Bonchev–Trinajstić information content (AvgIpc) is 3.92. The fourth-order valence-electron chi connectivity index (χ4n) is 9.06. The number of fused-ring (bicyclic) bond motifs is 12. The standard InChI is InChI=1S/C52H33N3S/c1-3-14-35(15-4-1)53(39-28-31-46-44(33-39)50-40-18-8-7-13-34(40)23-30-47(50)54(46)36-16-5-2-6-17-36)37-24-26-38(27-25-37)55-45-21-11-9-20-43(45)51-48(55)32-29-42-41-19-10-12-22-49(41)56-52(42)51/h1-33H. The van der Waals surface area contributed by atoms with Gasteiger partial charge in [0.15, 0.2) is 0 Å². The molecule has 0 amide bonds. The molecule has 12 aromatic rings. The van der Waals surface area contributed by atoms with E-state index in [1.807, 2.05) is 11.3 Å². The van der Waals surface area contributed by atoms with Gasteiger partial charge in [-0.3, -0.25) is 0 Å². The fraction of sp³-hybridized carbons (Fsp3) is 0. The van der Waals surface area contributed by atoms with Crippen LogP contribution in [0.1, 0.15) is 0 Å². The van der Waals surface area contributed by atoms with Gasteiger partial charge in [0.05, 0.1) is 22.1 Å². The van der Waals surface area contributed by atoms with Crippen LogP contribution in [0.5, 0.6) is 0 Å². The summed E-state index contributed by atoms with van der Waals surface area (Å²) in [4.78, 5) is 2.38. The molecule has 0 N–H and O–H groups in total. The van der Waals surface area contributed by atoms with Gasteiger partial charge in [0.1, 0.15) is 0 Å². The summed E-state index contributed by atoms with van der Waals surface area (Å²) in [6, 6.07) is 73.0. The summed E-state index contributed by atoms with van der Waals surface area (Å²) in [6.45, 7) is 0. The number of benzene rings is 9. The highest BCUT2D eigenvalue weighted by Gasteiger charge is 2.21. The van der Waals surface area contributed by atoms with Crippen LogP contribution in [0, 0.1) is 0 Å². The first-order chi connectivity index (χ1) is 27.8. The van der Waals surface area contributed by atoms with Crippen molar-refractivity contribution in [3.63, 3.8) is 0 Å². The maximum atomic E-state index is 2.43. The smallest absolute Gasteiger partial charge is 0.0555 e. The number of anilines is 3. The molecule has 0 fully saturated rings. The van der Waals surface area contributed by atoms with Crippen molar-refractivity contribution in [2.45, 2.75) is 0 Å². The molecule has 0 atom stereocenters. The Morgan fingerprint density at radius 1 is 0.339 bits per heavy atom. The molecular weight excluding hydrogens is 699 g/mol. The fourth-order valence-corrected chi connectivity index (χ4v) is 10.3.